The van der Waals surface area contributed by atoms with Crippen LogP contribution in [-0.2, 0) is 6.42 Å². The second kappa shape index (κ2) is 2.93. The summed E-state index contributed by atoms with van der Waals surface area (Å²) in [5.74, 6) is 0. The van der Waals surface area contributed by atoms with Crippen LogP contribution in [0.25, 0.3) is 11.1 Å². The highest BCUT2D eigenvalue weighted by Crippen LogP contribution is 2.37. The first-order valence-electron chi connectivity index (χ1n) is 5.30. The Morgan fingerprint density at radius 1 is 1.07 bits per heavy atom. The number of aromatic nitrogens is 1. The van der Waals surface area contributed by atoms with E-state index in [9.17, 15) is 0 Å². The molecule has 1 aromatic heterocycles. The summed E-state index contributed by atoms with van der Waals surface area (Å²) < 4.78 is 0. The highest BCUT2D eigenvalue weighted by atomic mass is 14.7. The van der Waals surface area contributed by atoms with Gasteiger partial charge in [0.2, 0.25) is 0 Å². The van der Waals surface area contributed by atoms with Crippen LogP contribution in [0.5, 0.6) is 0 Å². The minimum Gasteiger partial charge on any atom is -0.260 e. The lowest BCUT2D eigenvalue weighted by atomic mass is 9.98. The number of benzene rings is 1. The molecule has 0 amide bonds. The van der Waals surface area contributed by atoms with Crippen LogP contribution in [0.2, 0.25) is 0 Å². The fourth-order valence-corrected chi connectivity index (χ4v) is 2.35. The second-order valence-electron chi connectivity index (χ2n) is 4.21. The molecule has 0 unspecified atom stereocenters. The highest BCUT2D eigenvalue weighted by molar-refractivity contribution is 5.76. The molecular weight excluding hydrogens is 182 g/mol. The van der Waals surface area contributed by atoms with Gasteiger partial charge in [0.1, 0.15) is 0 Å². The van der Waals surface area contributed by atoms with Crippen molar-refractivity contribution in [3.8, 4) is 11.1 Å². The molecule has 1 aliphatic rings. The molecule has 0 saturated heterocycles. The van der Waals surface area contributed by atoms with Gasteiger partial charge in [-0.05, 0) is 42.2 Å². The fraction of sp³-hybridized carbons (Fsp3) is 0.214. The Hall–Kier alpha value is -1.63. The Kier molecular flexibility index (Phi) is 1.69. The summed E-state index contributed by atoms with van der Waals surface area (Å²) >= 11 is 0. The van der Waals surface area contributed by atoms with Crippen LogP contribution in [0.15, 0.2) is 30.5 Å². The largest absolute Gasteiger partial charge is 0.260 e. The van der Waals surface area contributed by atoms with E-state index < -0.39 is 0 Å². The first-order chi connectivity index (χ1) is 7.27. The van der Waals surface area contributed by atoms with E-state index in [1.54, 1.807) is 0 Å². The molecule has 15 heavy (non-hydrogen) atoms. The molecule has 0 atom stereocenters. The normalized spacial score (nSPS) is 12.4. The Balaban J connectivity index is 2.31. The van der Waals surface area contributed by atoms with E-state index in [1.807, 2.05) is 12.3 Å². The van der Waals surface area contributed by atoms with Crippen LogP contribution in [0.4, 0.5) is 0 Å². The summed E-state index contributed by atoms with van der Waals surface area (Å²) in [6.45, 7) is 4.38. The van der Waals surface area contributed by atoms with Gasteiger partial charge in [0.05, 0.1) is 5.69 Å². The molecule has 0 fully saturated rings. The van der Waals surface area contributed by atoms with Crippen molar-refractivity contribution < 1.29 is 0 Å². The first kappa shape index (κ1) is 8.66. The van der Waals surface area contributed by atoms with Gasteiger partial charge in [-0.25, -0.2) is 0 Å². The maximum absolute atomic E-state index is 4.44. The lowest BCUT2D eigenvalue weighted by Gasteiger charge is -2.06. The molecule has 1 nitrogen and oxygen atoms in total. The summed E-state index contributed by atoms with van der Waals surface area (Å²) in [6, 6.07) is 8.62. The topological polar surface area (TPSA) is 12.9 Å². The molecule has 0 radical (unpaired) electrons. The van der Waals surface area contributed by atoms with Crippen LogP contribution >= 0.6 is 0 Å². The summed E-state index contributed by atoms with van der Waals surface area (Å²) in [5, 5.41) is 0. The van der Waals surface area contributed by atoms with Crippen molar-refractivity contribution in [2.24, 2.45) is 0 Å². The number of hydrogen-bond donors (Lipinski definition) is 0. The monoisotopic (exact) mass is 195 g/mol. The molecular formula is C14H13N. The molecule has 0 spiro atoms. The Labute approximate surface area is 89.8 Å². The van der Waals surface area contributed by atoms with Crippen molar-refractivity contribution in [1.29, 1.82) is 0 Å². The third-order valence-electron chi connectivity index (χ3n) is 3.39. The molecule has 0 aliphatic heterocycles. The molecule has 1 heteroatoms. The van der Waals surface area contributed by atoms with Gasteiger partial charge < -0.3 is 0 Å². The SMILES string of the molecule is Cc1ccc2c(c1C)Cc1ncccc1-2. The summed E-state index contributed by atoms with van der Waals surface area (Å²) in [4.78, 5) is 4.44. The van der Waals surface area contributed by atoms with E-state index >= 15 is 0 Å². The number of nitrogens with zero attached hydrogens (tertiary/aromatic N) is 1. The van der Waals surface area contributed by atoms with Crippen molar-refractivity contribution in [2.45, 2.75) is 20.3 Å². The van der Waals surface area contributed by atoms with E-state index in [2.05, 4.69) is 37.0 Å². The van der Waals surface area contributed by atoms with Gasteiger partial charge in [-0.3, -0.25) is 4.98 Å². The number of fused-ring (bicyclic) bond motifs is 3. The maximum Gasteiger partial charge on any atom is 0.0526 e. The molecule has 1 aromatic carbocycles. The summed E-state index contributed by atoms with van der Waals surface area (Å²) in [5.41, 5.74) is 8.17. The zero-order valence-corrected chi connectivity index (χ0v) is 9.04. The van der Waals surface area contributed by atoms with Gasteiger partial charge in [0, 0.05) is 18.2 Å². The van der Waals surface area contributed by atoms with Crippen molar-refractivity contribution in [1.82, 2.24) is 4.98 Å². The molecule has 2 aromatic rings. The van der Waals surface area contributed by atoms with E-state index in [0.29, 0.717) is 0 Å². The second-order valence-corrected chi connectivity index (χ2v) is 4.21. The number of pyridine rings is 1. The van der Waals surface area contributed by atoms with Crippen LogP contribution in [0, 0.1) is 13.8 Å². The zero-order valence-electron chi connectivity index (χ0n) is 9.04. The van der Waals surface area contributed by atoms with Crippen LogP contribution < -0.4 is 0 Å². The van der Waals surface area contributed by atoms with Gasteiger partial charge in [0.25, 0.3) is 0 Å². The third kappa shape index (κ3) is 1.13. The van der Waals surface area contributed by atoms with Crippen LogP contribution in [-0.4, -0.2) is 4.98 Å². The Bertz CT molecular complexity index is 541. The number of hydrogen-bond acceptors (Lipinski definition) is 1. The summed E-state index contributed by atoms with van der Waals surface area (Å²) in [7, 11) is 0. The minimum absolute atomic E-state index is 0.999. The molecule has 1 aliphatic carbocycles. The third-order valence-corrected chi connectivity index (χ3v) is 3.39. The summed E-state index contributed by atoms with van der Waals surface area (Å²) in [6.07, 6.45) is 2.88. The predicted octanol–water partition coefficient (Wildman–Crippen LogP) is 3.27. The van der Waals surface area contributed by atoms with Gasteiger partial charge >= 0.3 is 0 Å². The van der Waals surface area contributed by atoms with Crippen molar-refractivity contribution in [2.75, 3.05) is 0 Å². The molecule has 3 rings (SSSR count). The first-order valence-corrected chi connectivity index (χ1v) is 5.30. The molecule has 0 saturated carbocycles. The number of rotatable bonds is 0. The zero-order chi connectivity index (χ0) is 10.4. The van der Waals surface area contributed by atoms with Crippen LogP contribution in [0.3, 0.4) is 0 Å². The molecule has 0 N–H and O–H groups in total. The van der Waals surface area contributed by atoms with Crippen molar-refractivity contribution in [3.05, 3.63) is 52.8 Å². The van der Waals surface area contributed by atoms with Crippen molar-refractivity contribution >= 4 is 0 Å². The minimum atomic E-state index is 0.999. The Morgan fingerprint density at radius 3 is 2.80 bits per heavy atom. The average molecular weight is 195 g/mol. The quantitative estimate of drug-likeness (QED) is 0.536. The predicted molar refractivity (Wildman–Crippen MR) is 62.0 cm³/mol. The van der Waals surface area contributed by atoms with Gasteiger partial charge in [-0.2, -0.15) is 0 Å². The maximum atomic E-state index is 4.44. The lowest BCUT2D eigenvalue weighted by molar-refractivity contribution is 1.10. The van der Waals surface area contributed by atoms with E-state index in [-0.39, 0.29) is 0 Å². The van der Waals surface area contributed by atoms with Crippen molar-refractivity contribution in [3.63, 3.8) is 0 Å². The molecule has 1 heterocycles. The smallest absolute Gasteiger partial charge is 0.0526 e. The molecule has 74 valence electrons. The fourth-order valence-electron chi connectivity index (χ4n) is 2.35. The van der Waals surface area contributed by atoms with E-state index in [1.165, 1.54) is 33.5 Å². The highest BCUT2D eigenvalue weighted by Gasteiger charge is 2.20. The van der Waals surface area contributed by atoms with Gasteiger partial charge in [0.15, 0.2) is 0 Å². The number of aryl methyl sites for hydroxylation is 1. The average Bonchev–Trinajstić information content (AvgIpc) is 2.63. The van der Waals surface area contributed by atoms with E-state index in [4.69, 9.17) is 0 Å². The Morgan fingerprint density at radius 2 is 1.93 bits per heavy atom. The van der Waals surface area contributed by atoms with Gasteiger partial charge in [-0.15, -0.1) is 0 Å². The lowest BCUT2D eigenvalue weighted by Crippen LogP contribution is -1.90. The van der Waals surface area contributed by atoms with Crippen LogP contribution in [0.1, 0.15) is 22.4 Å². The molecule has 0 bridgehead atoms. The van der Waals surface area contributed by atoms with E-state index in [0.717, 1.165) is 6.42 Å². The standard InChI is InChI=1S/C14H13N/c1-9-5-6-11-12-4-3-7-15-14(12)8-13(11)10(9)2/h3-7H,8H2,1-2H3. The van der Waals surface area contributed by atoms with Gasteiger partial charge in [-0.1, -0.05) is 18.2 Å².